The van der Waals surface area contributed by atoms with E-state index in [-0.39, 0.29) is 0 Å². The van der Waals surface area contributed by atoms with Gasteiger partial charge in [0.25, 0.3) is 0 Å². The van der Waals surface area contributed by atoms with E-state index in [2.05, 4.69) is 74.5 Å². The second-order valence-corrected chi connectivity index (χ2v) is 10.8. The van der Waals surface area contributed by atoms with Crippen LogP contribution in [-0.2, 0) is 11.5 Å². The standard InChI is InChI=1S/C40H32O5/c1-28-3-9-31(10-4-28)33-13-7-30(8-14-33)27-42-45-39-25-23-37(24-26-39)43-36-21-17-35(18-22-36)40(41)44-38-19-15-34(16-20-38)32-11-5-29(2)6-12-32/h3-26H,27H2,1-2H3. The summed E-state index contributed by atoms with van der Waals surface area (Å²) >= 11 is 0. The molecule has 0 saturated heterocycles. The highest BCUT2D eigenvalue weighted by Crippen LogP contribution is 2.27. The molecule has 45 heavy (non-hydrogen) atoms. The molecule has 0 bridgehead atoms. The molecule has 6 aromatic carbocycles. The first kappa shape index (κ1) is 29.4. The second kappa shape index (κ2) is 13.8. The third-order valence-corrected chi connectivity index (χ3v) is 7.32. The van der Waals surface area contributed by atoms with Crippen LogP contribution in [0.1, 0.15) is 27.0 Å². The van der Waals surface area contributed by atoms with E-state index in [1.807, 2.05) is 24.3 Å². The van der Waals surface area contributed by atoms with E-state index in [0.29, 0.717) is 35.2 Å². The molecule has 0 saturated carbocycles. The van der Waals surface area contributed by atoms with Crippen LogP contribution in [-0.4, -0.2) is 5.97 Å². The molecule has 6 rings (SSSR count). The fourth-order valence-corrected chi connectivity index (χ4v) is 4.69. The summed E-state index contributed by atoms with van der Waals surface area (Å²) in [5, 5.41) is 0. The molecular formula is C40H32O5. The Morgan fingerprint density at radius 2 is 0.867 bits per heavy atom. The van der Waals surface area contributed by atoms with Gasteiger partial charge in [0.1, 0.15) is 23.9 Å². The van der Waals surface area contributed by atoms with Crippen molar-refractivity contribution < 1.29 is 24.0 Å². The van der Waals surface area contributed by atoms with Gasteiger partial charge in [0.15, 0.2) is 5.75 Å². The molecule has 0 aliphatic heterocycles. The van der Waals surface area contributed by atoms with Crippen molar-refractivity contribution in [2.24, 2.45) is 0 Å². The smallest absolute Gasteiger partial charge is 0.343 e. The molecule has 0 aliphatic carbocycles. The van der Waals surface area contributed by atoms with Gasteiger partial charge >= 0.3 is 5.97 Å². The highest BCUT2D eigenvalue weighted by Gasteiger charge is 2.10. The van der Waals surface area contributed by atoms with Crippen molar-refractivity contribution in [1.82, 2.24) is 0 Å². The van der Waals surface area contributed by atoms with Crippen LogP contribution in [0.25, 0.3) is 22.3 Å². The third-order valence-electron chi connectivity index (χ3n) is 7.32. The predicted octanol–water partition coefficient (Wildman–Crippen LogP) is 10.2. The quantitative estimate of drug-likeness (QED) is 0.0686. The molecule has 222 valence electrons. The molecule has 0 aromatic heterocycles. The zero-order valence-electron chi connectivity index (χ0n) is 25.1. The Balaban J connectivity index is 0.962. The minimum atomic E-state index is -0.437. The molecule has 0 fully saturated rings. The van der Waals surface area contributed by atoms with Gasteiger partial charge in [-0.15, -0.1) is 0 Å². The number of ether oxygens (including phenoxy) is 2. The maximum absolute atomic E-state index is 12.7. The number of benzene rings is 6. The highest BCUT2D eigenvalue weighted by atomic mass is 17.2. The van der Waals surface area contributed by atoms with E-state index in [1.54, 1.807) is 60.7 Å². The largest absolute Gasteiger partial charge is 0.457 e. The molecule has 0 radical (unpaired) electrons. The van der Waals surface area contributed by atoms with Gasteiger partial charge in [0, 0.05) is 0 Å². The van der Waals surface area contributed by atoms with Crippen molar-refractivity contribution >= 4 is 5.97 Å². The fourth-order valence-electron chi connectivity index (χ4n) is 4.69. The number of esters is 1. The van der Waals surface area contributed by atoms with Crippen molar-refractivity contribution in [3.63, 3.8) is 0 Å². The van der Waals surface area contributed by atoms with Crippen molar-refractivity contribution in [2.75, 3.05) is 0 Å². The van der Waals surface area contributed by atoms with E-state index in [1.165, 1.54) is 16.7 Å². The Labute approximate surface area is 263 Å². The van der Waals surface area contributed by atoms with E-state index in [0.717, 1.165) is 22.3 Å². The van der Waals surface area contributed by atoms with Gasteiger partial charge in [-0.05, 0) is 102 Å². The predicted molar refractivity (Wildman–Crippen MR) is 177 cm³/mol. The van der Waals surface area contributed by atoms with Gasteiger partial charge < -0.3 is 14.4 Å². The lowest BCUT2D eigenvalue weighted by Gasteiger charge is -2.09. The van der Waals surface area contributed by atoms with E-state index >= 15 is 0 Å². The van der Waals surface area contributed by atoms with Crippen LogP contribution < -0.4 is 14.4 Å². The molecule has 0 aliphatic rings. The highest BCUT2D eigenvalue weighted by molar-refractivity contribution is 5.91. The number of rotatable bonds is 10. The molecule has 0 heterocycles. The van der Waals surface area contributed by atoms with Crippen LogP contribution in [0.5, 0.6) is 23.0 Å². The second-order valence-electron chi connectivity index (χ2n) is 10.8. The van der Waals surface area contributed by atoms with Crippen LogP contribution in [0.15, 0.2) is 146 Å². The fraction of sp³-hybridized carbons (Fsp3) is 0.0750. The Hall–Kier alpha value is -5.65. The van der Waals surface area contributed by atoms with Gasteiger partial charge in [-0.3, -0.25) is 0 Å². The lowest BCUT2D eigenvalue weighted by atomic mass is 10.0. The summed E-state index contributed by atoms with van der Waals surface area (Å²) in [6.07, 6.45) is 0. The van der Waals surface area contributed by atoms with Gasteiger partial charge in [-0.1, -0.05) is 96.1 Å². The lowest BCUT2D eigenvalue weighted by molar-refractivity contribution is -0.217. The lowest BCUT2D eigenvalue weighted by Crippen LogP contribution is -2.08. The Morgan fingerprint density at radius 1 is 0.467 bits per heavy atom. The number of aryl methyl sites for hydroxylation is 2. The van der Waals surface area contributed by atoms with Crippen molar-refractivity contribution in [3.05, 3.63) is 168 Å². The Morgan fingerprint density at radius 3 is 1.38 bits per heavy atom. The van der Waals surface area contributed by atoms with Gasteiger partial charge in [-0.2, -0.15) is 4.89 Å². The summed E-state index contributed by atoms with van der Waals surface area (Å²) < 4.78 is 11.5. The summed E-state index contributed by atoms with van der Waals surface area (Å²) in [4.78, 5) is 23.6. The van der Waals surface area contributed by atoms with Crippen molar-refractivity contribution in [3.8, 4) is 45.3 Å². The summed E-state index contributed by atoms with van der Waals surface area (Å²) in [5.41, 5.74) is 8.40. The number of carbonyl (C=O) groups excluding carboxylic acids is 1. The van der Waals surface area contributed by atoms with Crippen LogP contribution >= 0.6 is 0 Å². The van der Waals surface area contributed by atoms with Crippen LogP contribution in [0.3, 0.4) is 0 Å². The average molecular weight is 593 g/mol. The monoisotopic (exact) mass is 592 g/mol. The maximum Gasteiger partial charge on any atom is 0.343 e. The number of hydrogen-bond acceptors (Lipinski definition) is 5. The van der Waals surface area contributed by atoms with Crippen LogP contribution in [0.2, 0.25) is 0 Å². The molecule has 0 spiro atoms. The summed E-state index contributed by atoms with van der Waals surface area (Å²) in [7, 11) is 0. The summed E-state index contributed by atoms with van der Waals surface area (Å²) in [5.74, 6) is 1.82. The molecule has 0 amide bonds. The molecule has 6 aromatic rings. The molecule has 0 atom stereocenters. The van der Waals surface area contributed by atoms with Crippen molar-refractivity contribution in [2.45, 2.75) is 20.5 Å². The maximum atomic E-state index is 12.7. The zero-order chi connectivity index (χ0) is 31.0. The Kier molecular flexibility index (Phi) is 9.00. The molecular weight excluding hydrogens is 560 g/mol. The number of hydrogen-bond donors (Lipinski definition) is 0. The third kappa shape index (κ3) is 7.85. The molecule has 0 unspecified atom stereocenters. The molecule has 5 heteroatoms. The number of carbonyl (C=O) groups is 1. The first-order valence-corrected chi connectivity index (χ1v) is 14.7. The topological polar surface area (TPSA) is 54.0 Å². The minimum Gasteiger partial charge on any atom is -0.457 e. The van der Waals surface area contributed by atoms with Gasteiger partial charge in [-0.25, -0.2) is 4.79 Å². The average Bonchev–Trinajstić information content (AvgIpc) is 3.07. The van der Waals surface area contributed by atoms with E-state index < -0.39 is 5.97 Å². The minimum absolute atomic E-state index is 0.319. The van der Waals surface area contributed by atoms with Crippen LogP contribution in [0, 0.1) is 13.8 Å². The van der Waals surface area contributed by atoms with Crippen LogP contribution in [0.4, 0.5) is 0 Å². The molecule has 0 N–H and O–H groups in total. The summed E-state index contributed by atoms with van der Waals surface area (Å²) in [6.45, 7) is 4.46. The van der Waals surface area contributed by atoms with Gasteiger partial charge in [0.05, 0.1) is 5.56 Å². The van der Waals surface area contributed by atoms with Gasteiger partial charge in [0.2, 0.25) is 0 Å². The van der Waals surface area contributed by atoms with E-state index in [4.69, 9.17) is 19.2 Å². The normalized spacial score (nSPS) is 10.7. The zero-order valence-corrected chi connectivity index (χ0v) is 25.1. The first-order valence-electron chi connectivity index (χ1n) is 14.7. The summed E-state index contributed by atoms with van der Waals surface area (Å²) in [6, 6.07) is 46.4. The van der Waals surface area contributed by atoms with E-state index in [9.17, 15) is 4.79 Å². The SMILES string of the molecule is Cc1ccc(-c2ccc(COOc3ccc(Oc4ccc(C(=O)Oc5ccc(-c6ccc(C)cc6)cc5)cc4)cc3)cc2)cc1. The first-order chi connectivity index (χ1) is 22.0. The van der Waals surface area contributed by atoms with Crippen molar-refractivity contribution in [1.29, 1.82) is 0 Å². The molecule has 5 nitrogen and oxygen atoms in total. The Bertz CT molecular complexity index is 1840.